The third-order valence-corrected chi connectivity index (χ3v) is 7.59. The number of nitrogens with one attached hydrogen (secondary N) is 1. The monoisotopic (exact) mass is 462 g/mol. The third-order valence-electron chi connectivity index (χ3n) is 6.65. The molecule has 0 amide bonds. The van der Waals surface area contributed by atoms with Crippen molar-refractivity contribution in [3.05, 3.63) is 76.7 Å². The van der Waals surface area contributed by atoms with E-state index >= 15 is 0 Å². The summed E-state index contributed by atoms with van der Waals surface area (Å²) in [5.41, 5.74) is 6.11. The predicted octanol–water partition coefficient (Wildman–Crippen LogP) is 5.16. The van der Waals surface area contributed by atoms with Crippen LogP contribution in [-0.4, -0.2) is 13.4 Å². The molecule has 0 bridgehead atoms. The SMILES string of the molecule is NS(=O)(=O)c1ccc(Cc2c(CC3CC3)c[nH]c2-c2cccc(C#CC3CCC3)c2)cc1F. The minimum atomic E-state index is -4.09. The standard InChI is InChI=1S/C27H27FN2O2S/c28-25-16-21(11-12-26(25)33(29,31)32)15-24-23(14-20-9-10-20)17-30-27(24)22-6-2-5-19(13-22)8-7-18-3-1-4-18/h2,5-6,11-13,16-18,20,30H,1,3-4,9-10,14-15H2,(H2,29,31,32). The number of nitrogens with two attached hydrogens (primary N) is 1. The smallest absolute Gasteiger partial charge is 0.240 e. The average Bonchev–Trinajstić information content (AvgIpc) is 3.46. The fourth-order valence-electron chi connectivity index (χ4n) is 4.35. The minimum absolute atomic E-state index is 0.475. The lowest BCUT2D eigenvalue weighted by atomic mass is 9.86. The topological polar surface area (TPSA) is 76.0 Å². The van der Waals surface area contributed by atoms with Crippen molar-refractivity contribution in [2.45, 2.75) is 49.8 Å². The first-order valence-electron chi connectivity index (χ1n) is 11.5. The molecule has 2 aliphatic carbocycles. The van der Waals surface area contributed by atoms with Crippen LogP contribution in [0.1, 0.15) is 54.4 Å². The molecule has 4 nitrogen and oxygen atoms in total. The van der Waals surface area contributed by atoms with E-state index in [2.05, 4.69) is 35.2 Å². The van der Waals surface area contributed by atoms with Crippen molar-refractivity contribution >= 4 is 10.0 Å². The quantitative estimate of drug-likeness (QED) is 0.496. The Morgan fingerprint density at radius 1 is 1.09 bits per heavy atom. The number of primary sulfonamides is 1. The highest BCUT2D eigenvalue weighted by molar-refractivity contribution is 7.89. The summed E-state index contributed by atoms with van der Waals surface area (Å²) < 4.78 is 37.6. The Kier molecular flexibility index (Phi) is 5.86. The number of hydrogen-bond acceptors (Lipinski definition) is 2. The van der Waals surface area contributed by atoms with Crippen molar-refractivity contribution in [1.82, 2.24) is 4.98 Å². The molecule has 0 unspecified atom stereocenters. The average molecular weight is 463 g/mol. The Morgan fingerprint density at radius 3 is 2.58 bits per heavy atom. The molecule has 0 radical (unpaired) electrons. The van der Waals surface area contributed by atoms with Crippen LogP contribution in [0.3, 0.4) is 0 Å². The zero-order chi connectivity index (χ0) is 23.0. The lowest BCUT2D eigenvalue weighted by Gasteiger charge is -2.18. The number of aromatic nitrogens is 1. The molecule has 0 aliphatic heterocycles. The number of hydrogen-bond donors (Lipinski definition) is 2. The van der Waals surface area contributed by atoms with Crippen LogP contribution < -0.4 is 5.14 Å². The van der Waals surface area contributed by atoms with Crippen molar-refractivity contribution in [2.75, 3.05) is 0 Å². The predicted molar refractivity (Wildman–Crippen MR) is 127 cm³/mol. The first-order valence-corrected chi connectivity index (χ1v) is 13.0. The number of benzene rings is 2. The molecular weight excluding hydrogens is 435 g/mol. The maximum atomic E-state index is 14.5. The highest BCUT2D eigenvalue weighted by atomic mass is 32.2. The van der Waals surface area contributed by atoms with Gasteiger partial charge in [-0.3, -0.25) is 0 Å². The molecule has 2 saturated carbocycles. The fraction of sp³-hybridized carbons (Fsp3) is 0.333. The van der Waals surface area contributed by atoms with Crippen LogP contribution in [-0.2, 0) is 22.9 Å². The highest BCUT2D eigenvalue weighted by Crippen LogP contribution is 2.37. The Balaban J connectivity index is 1.49. The molecule has 1 heterocycles. The van der Waals surface area contributed by atoms with Gasteiger partial charge in [-0.1, -0.05) is 36.5 Å². The Hall–Kier alpha value is -2.88. The number of halogens is 1. The van der Waals surface area contributed by atoms with Gasteiger partial charge in [-0.15, -0.1) is 0 Å². The second kappa shape index (κ2) is 8.81. The maximum Gasteiger partial charge on any atom is 0.240 e. The maximum absolute atomic E-state index is 14.5. The van der Waals surface area contributed by atoms with Crippen molar-refractivity contribution in [3.63, 3.8) is 0 Å². The van der Waals surface area contributed by atoms with Gasteiger partial charge in [-0.2, -0.15) is 0 Å². The lowest BCUT2D eigenvalue weighted by molar-refractivity contribution is 0.401. The molecule has 1 aromatic heterocycles. The van der Waals surface area contributed by atoms with E-state index in [1.807, 2.05) is 12.1 Å². The Bertz CT molecular complexity index is 1360. The van der Waals surface area contributed by atoms with Gasteiger partial charge in [0.2, 0.25) is 10.0 Å². The van der Waals surface area contributed by atoms with Gasteiger partial charge in [0.15, 0.2) is 0 Å². The molecule has 6 heteroatoms. The van der Waals surface area contributed by atoms with Crippen LogP contribution in [0, 0.1) is 29.5 Å². The summed E-state index contributed by atoms with van der Waals surface area (Å²) in [7, 11) is -4.09. The molecule has 2 aliphatic rings. The summed E-state index contributed by atoms with van der Waals surface area (Å²) in [6, 6.07) is 12.4. The normalized spacial score (nSPS) is 16.2. The Labute approximate surface area is 194 Å². The van der Waals surface area contributed by atoms with Gasteiger partial charge in [0.1, 0.15) is 10.7 Å². The minimum Gasteiger partial charge on any atom is -0.361 e. The van der Waals surface area contributed by atoms with Crippen molar-refractivity contribution < 1.29 is 12.8 Å². The number of rotatable bonds is 6. The lowest BCUT2D eigenvalue weighted by Crippen LogP contribution is -2.14. The summed E-state index contributed by atoms with van der Waals surface area (Å²) in [6.07, 6.45) is 9.69. The molecular formula is C27H27FN2O2S. The van der Waals surface area contributed by atoms with Gasteiger partial charge in [0, 0.05) is 23.4 Å². The van der Waals surface area contributed by atoms with Crippen molar-refractivity contribution in [1.29, 1.82) is 0 Å². The summed E-state index contributed by atoms with van der Waals surface area (Å²) in [4.78, 5) is 2.98. The molecule has 2 aromatic carbocycles. The molecule has 3 aromatic rings. The van der Waals surface area contributed by atoms with E-state index in [1.165, 1.54) is 49.8 Å². The summed E-state index contributed by atoms with van der Waals surface area (Å²) in [5.74, 6) is 7.10. The molecule has 5 rings (SSSR count). The largest absolute Gasteiger partial charge is 0.361 e. The zero-order valence-corrected chi connectivity index (χ0v) is 19.2. The summed E-state index contributed by atoms with van der Waals surface area (Å²) >= 11 is 0. The van der Waals surface area contributed by atoms with Crippen LogP contribution in [0.15, 0.2) is 53.6 Å². The van der Waals surface area contributed by atoms with E-state index in [0.29, 0.717) is 23.8 Å². The van der Waals surface area contributed by atoms with E-state index in [-0.39, 0.29) is 0 Å². The van der Waals surface area contributed by atoms with Gasteiger partial charge in [-0.05, 0) is 91.0 Å². The molecule has 0 atom stereocenters. The Morgan fingerprint density at radius 2 is 1.91 bits per heavy atom. The van der Waals surface area contributed by atoms with Gasteiger partial charge in [-0.25, -0.2) is 17.9 Å². The van der Waals surface area contributed by atoms with Crippen LogP contribution in [0.25, 0.3) is 11.3 Å². The summed E-state index contributed by atoms with van der Waals surface area (Å²) in [5, 5.41) is 5.12. The van der Waals surface area contributed by atoms with Gasteiger partial charge in [0.25, 0.3) is 0 Å². The zero-order valence-electron chi connectivity index (χ0n) is 18.4. The number of H-pyrrole nitrogens is 1. The van der Waals surface area contributed by atoms with Gasteiger partial charge >= 0.3 is 0 Å². The third kappa shape index (κ3) is 5.05. The van der Waals surface area contributed by atoms with Crippen molar-refractivity contribution in [2.24, 2.45) is 17.0 Å². The summed E-state index contributed by atoms with van der Waals surface area (Å²) in [6.45, 7) is 0. The first-order chi connectivity index (χ1) is 15.9. The molecule has 170 valence electrons. The van der Waals surface area contributed by atoms with Gasteiger partial charge < -0.3 is 4.98 Å². The van der Waals surface area contributed by atoms with Crippen LogP contribution in [0.4, 0.5) is 4.39 Å². The first kappa shape index (κ1) is 21.9. The highest BCUT2D eigenvalue weighted by Gasteiger charge is 2.25. The van der Waals surface area contributed by atoms with E-state index in [4.69, 9.17) is 5.14 Å². The molecule has 2 fully saturated rings. The van der Waals surface area contributed by atoms with Crippen LogP contribution >= 0.6 is 0 Å². The second-order valence-electron chi connectivity index (χ2n) is 9.28. The fourth-order valence-corrected chi connectivity index (χ4v) is 4.94. The van der Waals surface area contributed by atoms with E-state index in [0.717, 1.165) is 28.8 Å². The van der Waals surface area contributed by atoms with Crippen LogP contribution in [0.2, 0.25) is 0 Å². The van der Waals surface area contributed by atoms with Crippen LogP contribution in [0.5, 0.6) is 0 Å². The second-order valence-corrected chi connectivity index (χ2v) is 10.8. The van der Waals surface area contributed by atoms with Gasteiger partial charge in [0.05, 0.1) is 0 Å². The molecule has 3 N–H and O–H groups in total. The number of aromatic amines is 1. The van der Waals surface area contributed by atoms with Crippen molar-refractivity contribution in [3.8, 4) is 23.1 Å². The van der Waals surface area contributed by atoms with E-state index in [1.54, 1.807) is 6.07 Å². The molecule has 0 saturated heterocycles. The molecule has 0 spiro atoms. The van der Waals surface area contributed by atoms with E-state index < -0.39 is 20.7 Å². The molecule has 33 heavy (non-hydrogen) atoms. The number of sulfonamides is 1. The van der Waals surface area contributed by atoms with E-state index in [9.17, 15) is 12.8 Å².